The number of carbonyl (C=O) groups is 3. The van der Waals surface area contributed by atoms with E-state index >= 15 is 0 Å². The molecule has 4 amide bonds. The quantitative estimate of drug-likeness (QED) is 0.335. The Labute approximate surface area is 214 Å². The summed E-state index contributed by atoms with van der Waals surface area (Å²) in [4.78, 5) is 42.2. The van der Waals surface area contributed by atoms with Crippen LogP contribution in [0.15, 0.2) is 89.3 Å². The number of amides is 4. The molecule has 5 rings (SSSR count). The predicted octanol–water partition coefficient (Wildman–Crippen LogP) is 5.39. The van der Waals surface area contributed by atoms with Gasteiger partial charge < -0.3 is 20.0 Å². The standard InChI is InChI=1S/C29H28N4O4/c1-19(2)33(23-15-13-22(14-16-23)30-21-10-5-4-6-11-21)26(34)18-32-27(35)29(3,31-28(32)36)25-17-20-9-7-8-12-24(20)37-25/h4-17,19,30H,18H2,1-3H3,(H,31,36)/t29-/m1/s1. The first-order chi connectivity index (χ1) is 17.8. The number of imide groups is 1. The van der Waals surface area contributed by atoms with Crippen molar-refractivity contribution in [3.8, 4) is 0 Å². The van der Waals surface area contributed by atoms with E-state index in [0.717, 1.165) is 21.7 Å². The number of urea groups is 1. The lowest BCUT2D eigenvalue weighted by Gasteiger charge is -2.28. The highest BCUT2D eigenvalue weighted by atomic mass is 16.3. The highest BCUT2D eigenvalue weighted by molar-refractivity contribution is 6.10. The average molecular weight is 497 g/mol. The first-order valence-corrected chi connectivity index (χ1v) is 12.1. The monoisotopic (exact) mass is 496 g/mol. The van der Waals surface area contributed by atoms with Crippen molar-refractivity contribution in [3.05, 3.63) is 90.7 Å². The molecule has 1 aliphatic rings. The molecular formula is C29H28N4O4. The molecule has 0 saturated carbocycles. The van der Waals surface area contributed by atoms with Gasteiger partial charge in [0.15, 0.2) is 5.54 Å². The van der Waals surface area contributed by atoms with Gasteiger partial charge >= 0.3 is 6.03 Å². The molecule has 0 bridgehead atoms. The normalized spacial score (nSPS) is 17.4. The van der Waals surface area contributed by atoms with Crippen LogP contribution in [0.4, 0.5) is 21.9 Å². The molecule has 1 aliphatic heterocycles. The Morgan fingerprint density at radius 1 is 0.973 bits per heavy atom. The third kappa shape index (κ3) is 4.53. The van der Waals surface area contributed by atoms with E-state index in [2.05, 4.69) is 10.6 Å². The number of carbonyl (C=O) groups excluding carboxylic acids is 3. The molecule has 2 N–H and O–H groups in total. The second kappa shape index (κ2) is 9.46. The molecule has 0 unspecified atom stereocenters. The fraction of sp³-hybridized carbons (Fsp3) is 0.207. The van der Waals surface area contributed by atoms with Gasteiger partial charge in [0.1, 0.15) is 17.9 Å². The summed E-state index contributed by atoms with van der Waals surface area (Å²) in [5, 5.41) is 6.86. The Hall–Kier alpha value is -4.59. The number of rotatable bonds is 7. The second-order valence-electron chi connectivity index (χ2n) is 9.49. The van der Waals surface area contributed by atoms with Crippen LogP contribution in [0.1, 0.15) is 26.5 Å². The Balaban J connectivity index is 1.33. The van der Waals surface area contributed by atoms with Crippen molar-refractivity contribution in [2.45, 2.75) is 32.4 Å². The van der Waals surface area contributed by atoms with E-state index in [1.165, 1.54) is 0 Å². The fourth-order valence-corrected chi connectivity index (χ4v) is 4.57. The Morgan fingerprint density at radius 2 is 1.62 bits per heavy atom. The molecular weight excluding hydrogens is 468 g/mol. The minimum Gasteiger partial charge on any atom is -0.458 e. The number of nitrogens with one attached hydrogen (secondary N) is 2. The molecule has 2 heterocycles. The van der Waals surface area contributed by atoms with Crippen molar-refractivity contribution in [1.82, 2.24) is 10.2 Å². The molecule has 1 saturated heterocycles. The Kier molecular flexibility index (Phi) is 6.17. The van der Waals surface area contributed by atoms with Gasteiger partial charge in [-0.3, -0.25) is 14.5 Å². The molecule has 1 atom stereocenters. The number of fused-ring (bicyclic) bond motifs is 1. The maximum atomic E-state index is 13.4. The summed E-state index contributed by atoms with van der Waals surface area (Å²) in [7, 11) is 0. The largest absolute Gasteiger partial charge is 0.458 e. The van der Waals surface area contributed by atoms with E-state index in [-0.39, 0.29) is 18.5 Å². The molecule has 1 aromatic heterocycles. The number of benzene rings is 3. The summed E-state index contributed by atoms with van der Waals surface area (Å²) in [6.07, 6.45) is 0. The number of hydrogen-bond acceptors (Lipinski definition) is 5. The van der Waals surface area contributed by atoms with Gasteiger partial charge in [0.2, 0.25) is 5.91 Å². The number of para-hydroxylation sites is 2. The van der Waals surface area contributed by atoms with Crippen LogP contribution < -0.4 is 15.5 Å². The van der Waals surface area contributed by atoms with Gasteiger partial charge in [0.25, 0.3) is 5.91 Å². The third-order valence-corrected chi connectivity index (χ3v) is 6.48. The lowest BCUT2D eigenvalue weighted by Crippen LogP contribution is -2.46. The smallest absolute Gasteiger partial charge is 0.325 e. The van der Waals surface area contributed by atoms with E-state index in [4.69, 9.17) is 4.42 Å². The minimum atomic E-state index is -1.40. The van der Waals surface area contributed by atoms with Gasteiger partial charge in [-0.1, -0.05) is 36.4 Å². The highest BCUT2D eigenvalue weighted by Gasteiger charge is 2.52. The Morgan fingerprint density at radius 3 is 2.30 bits per heavy atom. The summed E-state index contributed by atoms with van der Waals surface area (Å²) >= 11 is 0. The molecule has 0 spiro atoms. The van der Waals surface area contributed by atoms with Crippen LogP contribution in [0.3, 0.4) is 0 Å². The first-order valence-electron chi connectivity index (χ1n) is 12.1. The summed E-state index contributed by atoms with van der Waals surface area (Å²) in [5.41, 5.74) is 1.72. The first kappa shape index (κ1) is 24.1. The van der Waals surface area contributed by atoms with Crippen molar-refractivity contribution in [2.24, 2.45) is 0 Å². The highest BCUT2D eigenvalue weighted by Crippen LogP contribution is 2.33. The molecule has 8 nitrogen and oxygen atoms in total. The molecule has 0 radical (unpaired) electrons. The summed E-state index contributed by atoms with van der Waals surface area (Å²) in [6, 6.07) is 25.5. The molecule has 3 aromatic carbocycles. The van der Waals surface area contributed by atoms with Gasteiger partial charge in [0, 0.05) is 28.5 Å². The van der Waals surface area contributed by atoms with E-state index in [0.29, 0.717) is 17.0 Å². The molecule has 188 valence electrons. The Bertz CT molecular complexity index is 1430. The van der Waals surface area contributed by atoms with Gasteiger partial charge in [-0.25, -0.2) is 4.79 Å². The maximum Gasteiger partial charge on any atom is 0.325 e. The number of nitrogens with zero attached hydrogens (tertiary/aromatic N) is 2. The zero-order valence-electron chi connectivity index (χ0n) is 20.9. The number of anilines is 3. The van der Waals surface area contributed by atoms with Crippen molar-refractivity contribution in [2.75, 3.05) is 16.8 Å². The maximum absolute atomic E-state index is 13.4. The zero-order chi connectivity index (χ0) is 26.2. The number of hydrogen-bond donors (Lipinski definition) is 2. The lowest BCUT2D eigenvalue weighted by molar-refractivity contribution is -0.134. The van der Waals surface area contributed by atoms with Crippen molar-refractivity contribution in [1.29, 1.82) is 0 Å². The van der Waals surface area contributed by atoms with Crippen LogP contribution in [0.2, 0.25) is 0 Å². The third-order valence-electron chi connectivity index (χ3n) is 6.48. The summed E-state index contributed by atoms with van der Waals surface area (Å²) < 4.78 is 5.87. The van der Waals surface area contributed by atoms with Crippen molar-refractivity contribution >= 4 is 45.9 Å². The fourth-order valence-electron chi connectivity index (χ4n) is 4.57. The van der Waals surface area contributed by atoms with Crippen molar-refractivity contribution in [3.63, 3.8) is 0 Å². The van der Waals surface area contributed by atoms with E-state index in [1.54, 1.807) is 24.0 Å². The SMILES string of the molecule is CC(C)N(C(=O)CN1C(=O)N[C@](C)(c2cc3ccccc3o2)C1=O)c1ccc(Nc2ccccc2)cc1. The van der Waals surface area contributed by atoms with Crippen molar-refractivity contribution < 1.29 is 18.8 Å². The minimum absolute atomic E-state index is 0.192. The molecule has 0 aliphatic carbocycles. The second-order valence-corrected chi connectivity index (χ2v) is 9.49. The molecule has 4 aromatic rings. The van der Waals surface area contributed by atoms with Gasteiger partial charge in [-0.2, -0.15) is 0 Å². The average Bonchev–Trinajstić information content (AvgIpc) is 3.41. The van der Waals surface area contributed by atoms with Crippen LogP contribution in [0.5, 0.6) is 0 Å². The molecule has 37 heavy (non-hydrogen) atoms. The van der Waals surface area contributed by atoms with Crippen LogP contribution in [-0.4, -0.2) is 35.3 Å². The van der Waals surface area contributed by atoms with Crippen LogP contribution >= 0.6 is 0 Å². The predicted molar refractivity (Wildman–Crippen MR) is 143 cm³/mol. The number of furan rings is 1. The topological polar surface area (TPSA) is 94.9 Å². The van der Waals surface area contributed by atoms with Gasteiger partial charge in [-0.05, 0) is 69.3 Å². The van der Waals surface area contributed by atoms with E-state index in [9.17, 15) is 14.4 Å². The summed E-state index contributed by atoms with van der Waals surface area (Å²) in [6.45, 7) is 4.98. The lowest BCUT2D eigenvalue weighted by atomic mass is 9.99. The van der Waals surface area contributed by atoms with E-state index in [1.807, 2.05) is 86.6 Å². The van der Waals surface area contributed by atoms with Crippen LogP contribution in [0, 0.1) is 0 Å². The van der Waals surface area contributed by atoms with Crippen LogP contribution in [-0.2, 0) is 15.1 Å². The van der Waals surface area contributed by atoms with Gasteiger partial charge in [0.05, 0.1) is 0 Å². The van der Waals surface area contributed by atoms with E-state index < -0.39 is 17.5 Å². The zero-order valence-corrected chi connectivity index (χ0v) is 20.9. The molecule has 8 heteroatoms. The molecule has 1 fully saturated rings. The van der Waals surface area contributed by atoms with Crippen LogP contribution in [0.25, 0.3) is 11.0 Å². The summed E-state index contributed by atoms with van der Waals surface area (Å²) in [5.74, 6) is -0.573. The van der Waals surface area contributed by atoms with Gasteiger partial charge in [-0.15, -0.1) is 0 Å².